The van der Waals surface area contributed by atoms with E-state index in [0.717, 1.165) is 5.56 Å². The molecule has 170 valence electrons. The number of anilines is 2. The van der Waals surface area contributed by atoms with Crippen LogP contribution >= 0.6 is 0 Å². The Labute approximate surface area is 197 Å². The normalized spacial score (nSPS) is 10.3. The number of rotatable bonds is 8. The SMILES string of the molecule is COc1cc(NC(=O)c2cccc(OCc3ccccc3)c2)ccc1NC(=O)c1cccnc1. The first-order chi connectivity index (χ1) is 16.6. The smallest absolute Gasteiger partial charge is 0.257 e. The van der Waals surface area contributed by atoms with Crippen LogP contribution in [-0.4, -0.2) is 23.9 Å². The molecule has 4 rings (SSSR count). The fourth-order valence-corrected chi connectivity index (χ4v) is 3.24. The molecular weight excluding hydrogens is 430 g/mol. The minimum atomic E-state index is -0.310. The lowest BCUT2D eigenvalue weighted by atomic mass is 10.2. The second-order valence-electron chi connectivity index (χ2n) is 7.37. The number of methoxy groups -OCH3 is 1. The first-order valence-corrected chi connectivity index (χ1v) is 10.6. The van der Waals surface area contributed by atoms with Crippen LogP contribution < -0.4 is 20.1 Å². The summed E-state index contributed by atoms with van der Waals surface area (Å²) in [7, 11) is 1.49. The van der Waals surface area contributed by atoms with Gasteiger partial charge in [0.25, 0.3) is 11.8 Å². The molecule has 0 saturated carbocycles. The molecule has 0 fully saturated rings. The van der Waals surface area contributed by atoms with E-state index >= 15 is 0 Å². The van der Waals surface area contributed by atoms with E-state index < -0.39 is 0 Å². The van der Waals surface area contributed by atoms with Crippen LogP contribution in [0.5, 0.6) is 11.5 Å². The standard InChI is InChI=1S/C27H23N3O4/c1-33-25-16-22(12-13-24(25)30-27(32)21-10-6-14-28-17-21)29-26(31)20-9-5-11-23(15-20)34-18-19-7-3-2-4-8-19/h2-17H,18H2,1H3,(H,29,31)(H,30,32). The first kappa shape index (κ1) is 22.5. The zero-order chi connectivity index (χ0) is 23.8. The fourth-order valence-electron chi connectivity index (χ4n) is 3.24. The number of aromatic nitrogens is 1. The van der Waals surface area contributed by atoms with Gasteiger partial charge in [0.15, 0.2) is 0 Å². The Kier molecular flexibility index (Phi) is 7.15. The third-order valence-corrected chi connectivity index (χ3v) is 4.98. The van der Waals surface area contributed by atoms with Crippen molar-refractivity contribution in [3.8, 4) is 11.5 Å². The number of pyridine rings is 1. The zero-order valence-corrected chi connectivity index (χ0v) is 18.5. The number of carbonyl (C=O) groups is 2. The van der Waals surface area contributed by atoms with Crippen molar-refractivity contribution in [2.24, 2.45) is 0 Å². The average Bonchev–Trinajstić information content (AvgIpc) is 2.89. The number of ether oxygens (including phenoxy) is 2. The van der Waals surface area contributed by atoms with E-state index in [9.17, 15) is 9.59 Å². The molecule has 7 nitrogen and oxygen atoms in total. The van der Waals surface area contributed by atoms with E-state index in [1.807, 2.05) is 36.4 Å². The number of nitrogens with zero attached hydrogens (tertiary/aromatic N) is 1. The number of amides is 2. The Morgan fingerprint density at radius 1 is 0.824 bits per heavy atom. The summed E-state index contributed by atoms with van der Waals surface area (Å²) in [4.78, 5) is 29.2. The van der Waals surface area contributed by atoms with Gasteiger partial charge >= 0.3 is 0 Å². The second kappa shape index (κ2) is 10.8. The summed E-state index contributed by atoms with van der Waals surface area (Å²) in [5.74, 6) is 0.410. The van der Waals surface area contributed by atoms with Gasteiger partial charge < -0.3 is 20.1 Å². The fraction of sp³-hybridized carbons (Fsp3) is 0.0741. The summed E-state index contributed by atoms with van der Waals surface area (Å²) in [6.45, 7) is 0.412. The summed E-state index contributed by atoms with van der Waals surface area (Å²) in [5, 5.41) is 5.64. The predicted octanol–water partition coefficient (Wildman–Crippen LogP) is 5.17. The number of hydrogen-bond acceptors (Lipinski definition) is 5. The number of hydrogen-bond donors (Lipinski definition) is 2. The van der Waals surface area contributed by atoms with E-state index in [2.05, 4.69) is 15.6 Å². The summed E-state index contributed by atoms with van der Waals surface area (Å²) in [6, 6.07) is 25.2. The van der Waals surface area contributed by atoms with Gasteiger partial charge in [-0.25, -0.2) is 0 Å². The second-order valence-corrected chi connectivity index (χ2v) is 7.37. The Bertz CT molecular complexity index is 1280. The topological polar surface area (TPSA) is 89.5 Å². The van der Waals surface area contributed by atoms with E-state index in [1.165, 1.54) is 13.3 Å². The van der Waals surface area contributed by atoms with E-state index in [-0.39, 0.29) is 11.8 Å². The van der Waals surface area contributed by atoms with Crippen molar-refractivity contribution in [3.05, 3.63) is 114 Å². The van der Waals surface area contributed by atoms with Crippen LogP contribution in [0.4, 0.5) is 11.4 Å². The van der Waals surface area contributed by atoms with Crippen molar-refractivity contribution in [1.82, 2.24) is 4.98 Å². The molecule has 0 atom stereocenters. The van der Waals surface area contributed by atoms with Crippen LogP contribution in [0.2, 0.25) is 0 Å². The molecule has 7 heteroatoms. The molecule has 1 aromatic heterocycles. The molecule has 1 heterocycles. The van der Waals surface area contributed by atoms with Gasteiger partial charge in [-0.15, -0.1) is 0 Å². The highest BCUT2D eigenvalue weighted by Crippen LogP contribution is 2.29. The average molecular weight is 453 g/mol. The number of benzene rings is 3. The quantitative estimate of drug-likeness (QED) is 0.384. The van der Waals surface area contributed by atoms with Crippen molar-refractivity contribution < 1.29 is 19.1 Å². The Morgan fingerprint density at radius 2 is 1.62 bits per heavy atom. The molecule has 0 aliphatic rings. The zero-order valence-electron chi connectivity index (χ0n) is 18.5. The molecule has 0 aliphatic heterocycles. The summed E-state index contributed by atoms with van der Waals surface area (Å²) >= 11 is 0. The first-order valence-electron chi connectivity index (χ1n) is 10.6. The summed E-state index contributed by atoms with van der Waals surface area (Å²) in [5.41, 5.74) is 2.93. The van der Waals surface area contributed by atoms with E-state index in [1.54, 1.807) is 54.7 Å². The molecule has 3 aromatic carbocycles. The van der Waals surface area contributed by atoms with Crippen LogP contribution in [0.1, 0.15) is 26.3 Å². The highest BCUT2D eigenvalue weighted by atomic mass is 16.5. The summed E-state index contributed by atoms with van der Waals surface area (Å²) in [6.07, 6.45) is 3.08. The molecule has 0 aliphatic carbocycles. The minimum absolute atomic E-state index is 0.292. The molecule has 0 bridgehead atoms. The molecule has 2 amide bonds. The maximum absolute atomic E-state index is 12.8. The van der Waals surface area contributed by atoms with Gasteiger partial charge in [-0.1, -0.05) is 36.4 Å². The van der Waals surface area contributed by atoms with Crippen molar-refractivity contribution in [1.29, 1.82) is 0 Å². The van der Waals surface area contributed by atoms with Gasteiger partial charge in [-0.3, -0.25) is 14.6 Å². The lowest BCUT2D eigenvalue weighted by Gasteiger charge is -2.13. The van der Waals surface area contributed by atoms with Gasteiger partial charge in [0.1, 0.15) is 18.1 Å². The molecule has 0 radical (unpaired) electrons. The van der Waals surface area contributed by atoms with Crippen LogP contribution in [-0.2, 0) is 6.61 Å². The van der Waals surface area contributed by atoms with Crippen molar-refractivity contribution >= 4 is 23.2 Å². The van der Waals surface area contributed by atoms with Gasteiger partial charge in [0, 0.05) is 29.7 Å². The monoisotopic (exact) mass is 453 g/mol. The largest absolute Gasteiger partial charge is 0.494 e. The Balaban J connectivity index is 1.42. The van der Waals surface area contributed by atoms with Crippen LogP contribution in [0.3, 0.4) is 0 Å². The lowest BCUT2D eigenvalue weighted by Crippen LogP contribution is -2.14. The highest BCUT2D eigenvalue weighted by molar-refractivity contribution is 6.06. The van der Waals surface area contributed by atoms with Gasteiger partial charge in [-0.2, -0.15) is 0 Å². The van der Waals surface area contributed by atoms with Gasteiger partial charge in [0.05, 0.1) is 18.4 Å². The van der Waals surface area contributed by atoms with E-state index in [0.29, 0.717) is 40.6 Å². The Morgan fingerprint density at radius 3 is 2.38 bits per heavy atom. The Hall–Kier alpha value is -4.65. The molecule has 2 N–H and O–H groups in total. The third kappa shape index (κ3) is 5.77. The molecule has 0 saturated heterocycles. The number of nitrogens with one attached hydrogen (secondary N) is 2. The van der Waals surface area contributed by atoms with E-state index in [4.69, 9.17) is 9.47 Å². The van der Waals surface area contributed by atoms with Gasteiger partial charge in [0.2, 0.25) is 0 Å². The maximum atomic E-state index is 12.8. The van der Waals surface area contributed by atoms with Crippen LogP contribution in [0.15, 0.2) is 97.3 Å². The third-order valence-electron chi connectivity index (χ3n) is 4.98. The molecular formula is C27H23N3O4. The highest BCUT2D eigenvalue weighted by Gasteiger charge is 2.13. The van der Waals surface area contributed by atoms with Crippen molar-refractivity contribution in [3.63, 3.8) is 0 Å². The minimum Gasteiger partial charge on any atom is -0.494 e. The lowest BCUT2D eigenvalue weighted by molar-refractivity contribution is 0.101. The van der Waals surface area contributed by atoms with Gasteiger partial charge in [-0.05, 0) is 48.0 Å². The number of carbonyl (C=O) groups excluding carboxylic acids is 2. The predicted molar refractivity (Wildman–Crippen MR) is 130 cm³/mol. The molecule has 34 heavy (non-hydrogen) atoms. The van der Waals surface area contributed by atoms with Crippen molar-refractivity contribution in [2.45, 2.75) is 6.61 Å². The maximum Gasteiger partial charge on any atom is 0.257 e. The summed E-state index contributed by atoms with van der Waals surface area (Å²) < 4.78 is 11.2. The molecule has 4 aromatic rings. The van der Waals surface area contributed by atoms with Crippen molar-refractivity contribution in [2.75, 3.05) is 17.7 Å². The molecule has 0 spiro atoms. The molecule has 0 unspecified atom stereocenters. The van der Waals surface area contributed by atoms with Crippen LogP contribution in [0.25, 0.3) is 0 Å². The van der Waals surface area contributed by atoms with Crippen LogP contribution in [0, 0.1) is 0 Å².